The number of aromatic nitrogens is 2. The normalized spacial score (nSPS) is 14.7. The number of hydrogen-bond donors (Lipinski definition) is 1. The van der Waals surface area contributed by atoms with E-state index >= 15 is 0 Å². The van der Waals surface area contributed by atoms with Crippen LogP contribution in [-0.2, 0) is 36.6 Å². The molecule has 1 aromatic rings. The highest BCUT2D eigenvalue weighted by Crippen LogP contribution is 2.38. The maximum Gasteiger partial charge on any atom is 0.334 e. The molecule has 2 rings (SSSR count). The van der Waals surface area contributed by atoms with Gasteiger partial charge in [-0.15, -0.1) is 0 Å². The fourth-order valence-corrected chi connectivity index (χ4v) is 5.10. The Morgan fingerprint density at radius 2 is 1.96 bits per heavy atom. The fourth-order valence-electron chi connectivity index (χ4n) is 2.19. The van der Waals surface area contributed by atoms with Gasteiger partial charge in [-0.3, -0.25) is 0 Å². The third-order valence-corrected chi connectivity index (χ3v) is 7.41. The van der Waals surface area contributed by atoms with Crippen LogP contribution < -0.4 is 5.73 Å². The number of nitrogens with two attached hydrogens (primary N) is 1. The van der Waals surface area contributed by atoms with Gasteiger partial charge in [-0.05, 0) is 13.8 Å². The predicted molar refractivity (Wildman–Crippen MR) is 88.0 cm³/mol. The fraction of sp³-hybridized carbons (Fsp3) is 0.500. The van der Waals surface area contributed by atoms with E-state index in [1.807, 2.05) is 11.8 Å². The molecular weight excluding hydrogens is 358 g/mol. The Kier molecular flexibility index (Phi) is 5.79. The van der Waals surface area contributed by atoms with Crippen molar-refractivity contribution < 1.29 is 18.3 Å². The van der Waals surface area contributed by atoms with Crippen LogP contribution in [0.25, 0.3) is 0 Å². The second-order valence-corrected chi connectivity index (χ2v) is 9.05. The molecule has 1 aliphatic heterocycles. The maximum atomic E-state index is 11.1. The van der Waals surface area contributed by atoms with Crippen LogP contribution in [0.2, 0.25) is 0 Å². The topological polar surface area (TPSA) is 123 Å². The Hall–Kier alpha value is -1.43. The highest BCUT2D eigenvalue weighted by molar-refractivity contribution is 7.82. The molecule has 0 saturated carbocycles. The molecule has 0 unspecified atom stereocenters. The smallest absolute Gasteiger partial charge is 0.334 e. The van der Waals surface area contributed by atoms with Crippen LogP contribution in [0.1, 0.15) is 24.7 Å². The van der Waals surface area contributed by atoms with Crippen LogP contribution in [0, 0.1) is 6.92 Å². The van der Waals surface area contributed by atoms with E-state index in [0.717, 1.165) is 27.9 Å². The molecule has 0 aliphatic carbocycles. The van der Waals surface area contributed by atoms with Gasteiger partial charge in [-0.25, -0.2) is 28.2 Å². The molecule has 0 aromatic carbocycles. The van der Waals surface area contributed by atoms with E-state index < -0.39 is 20.8 Å². The first-order chi connectivity index (χ1) is 10.8. The number of aryl methyl sites for hydroxylation is 1. The molecule has 23 heavy (non-hydrogen) atoms. The van der Waals surface area contributed by atoms with Gasteiger partial charge >= 0.3 is 15.4 Å². The zero-order valence-corrected chi connectivity index (χ0v) is 15.4. The molecular formula is C12H17N4O4P2S+. The molecule has 0 amide bonds. The van der Waals surface area contributed by atoms with Gasteiger partial charge in [-0.2, -0.15) is 0 Å². The van der Waals surface area contributed by atoms with Crippen molar-refractivity contribution in [2.75, 3.05) is 11.6 Å². The van der Waals surface area contributed by atoms with Crippen LogP contribution in [0.4, 0.5) is 5.82 Å². The van der Waals surface area contributed by atoms with Crippen molar-refractivity contribution in [1.29, 1.82) is 0 Å². The highest BCUT2D eigenvalue weighted by atomic mass is 32.2. The zero-order chi connectivity index (χ0) is 17.1. The Balaban J connectivity index is 2.16. The Morgan fingerprint density at radius 3 is 2.52 bits per heavy atom. The molecule has 1 aromatic heterocycles. The monoisotopic (exact) mass is 375 g/mol. The summed E-state index contributed by atoms with van der Waals surface area (Å²) in [6.45, 7) is 4.12. The molecule has 11 heteroatoms. The summed E-state index contributed by atoms with van der Waals surface area (Å²) in [4.78, 5) is 11.1. The molecule has 2 heterocycles. The first-order valence-electron chi connectivity index (χ1n) is 6.76. The summed E-state index contributed by atoms with van der Waals surface area (Å²) in [7, 11) is -6.01. The summed E-state index contributed by atoms with van der Waals surface area (Å²) in [5, 5.41) is -1.34. The number of nitrogens with zero attached hydrogens (tertiary/aromatic N) is 3. The van der Waals surface area contributed by atoms with E-state index in [0.29, 0.717) is 24.1 Å². The van der Waals surface area contributed by atoms with Crippen molar-refractivity contribution >= 4 is 32.9 Å². The molecule has 124 valence electrons. The summed E-state index contributed by atoms with van der Waals surface area (Å²) in [5.41, 5.74) is 7.55. The van der Waals surface area contributed by atoms with Crippen molar-refractivity contribution in [2.24, 2.45) is 0 Å². The van der Waals surface area contributed by atoms with Gasteiger partial charge in [0.2, 0.25) is 0 Å². The summed E-state index contributed by atoms with van der Waals surface area (Å²) in [5.74, 6) is 1.67. The Morgan fingerprint density at radius 1 is 1.30 bits per heavy atom. The van der Waals surface area contributed by atoms with Gasteiger partial charge in [0.05, 0.1) is 12.2 Å². The summed E-state index contributed by atoms with van der Waals surface area (Å²) in [6.07, 6.45) is 1.69. The molecule has 0 radical (unpaired) electrons. The van der Waals surface area contributed by atoms with Crippen LogP contribution in [0.5, 0.6) is 0 Å². The Labute approximate surface area is 138 Å². The van der Waals surface area contributed by atoms with Gasteiger partial charge in [-0.1, -0.05) is 0 Å². The number of anilines is 1. The largest absolute Gasteiger partial charge is 0.383 e. The zero-order valence-electron chi connectivity index (χ0n) is 12.7. The third kappa shape index (κ3) is 4.31. The van der Waals surface area contributed by atoms with Gasteiger partial charge in [0.15, 0.2) is 16.2 Å². The SMILES string of the molecule is CC1=C(CC(P(=O)=O)P(=O)=O)[SH+]CN1Cc1cnc(C)nc1N. The van der Waals surface area contributed by atoms with Crippen LogP contribution in [-0.4, -0.2) is 26.1 Å². The minimum absolute atomic E-state index is 0.0151. The number of hydrogen-bond acceptors (Lipinski definition) is 8. The van der Waals surface area contributed by atoms with Crippen molar-refractivity contribution in [3.8, 4) is 0 Å². The molecule has 0 fully saturated rings. The van der Waals surface area contributed by atoms with Gasteiger partial charge in [0, 0.05) is 29.9 Å². The predicted octanol–water partition coefficient (Wildman–Crippen LogP) is 2.25. The number of nitrogen functional groups attached to an aromatic ring is 1. The summed E-state index contributed by atoms with van der Waals surface area (Å²) >= 11 is 0.906. The molecule has 0 spiro atoms. The van der Waals surface area contributed by atoms with Crippen LogP contribution in [0.3, 0.4) is 0 Å². The lowest BCUT2D eigenvalue weighted by Gasteiger charge is -2.16. The molecule has 2 N–H and O–H groups in total. The molecule has 8 nitrogen and oxygen atoms in total. The quantitative estimate of drug-likeness (QED) is 0.456. The molecule has 0 bridgehead atoms. The molecule has 0 atom stereocenters. The first-order valence-corrected chi connectivity index (χ1v) is 10.3. The van der Waals surface area contributed by atoms with Crippen molar-refractivity contribution in [3.05, 3.63) is 28.2 Å². The lowest BCUT2D eigenvalue weighted by atomic mass is 10.2. The minimum atomic E-state index is -3.00. The lowest BCUT2D eigenvalue weighted by Crippen LogP contribution is -2.19. The Bertz CT molecular complexity index is 753. The van der Waals surface area contributed by atoms with E-state index in [2.05, 4.69) is 9.97 Å². The molecule has 1 aliphatic rings. The summed E-state index contributed by atoms with van der Waals surface area (Å²) in [6, 6.07) is 0. The van der Waals surface area contributed by atoms with Gasteiger partial charge in [0.1, 0.15) is 11.6 Å². The summed E-state index contributed by atoms with van der Waals surface area (Å²) < 4.78 is 44.3. The number of rotatable bonds is 6. The standard InChI is InChI=1S/C12H16N4O4P2S/c1-7-10(3-11(21(17)18)22(19)20)23-6-16(7)5-9-4-14-8(2)15-12(9)13/h4,11H,3,5-6H2,1-2H3,(H2,13,14,15)/p+1. The van der Waals surface area contributed by atoms with Crippen LogP contribution in [0.15, 0.2) is 16.8 Å². The second kappa shape index (κ2) is 7.43. The van der Waals surface area contributed by atoms with E-state index in [9.17, 15) is 18.3 Å². The maximum absolute atomic E-state index is 11.1. The molecule has 0 saturated heterocycles. The first kappa shape index (κ1) is 17.9. The van der Waals surface area contributed by atoms with E-state index in [1.165, 1.54) is 0 Å². The van der Waals surface area contributed by atoms with Gasteiger partial charge < -0.3 is 10.6 Å². The van der Waals surface area contributed by atoms with Crippen LogP contribution >= 0.6 is 15.4 Å². The van der Waals surface area contributed by atoms with Crippen molar-refractivity contribution in [3.63, 3.8) is 0 Å². The lowest BCUT2D eigenvalue weighted by molar-refractivity contribution is 0.401. The van der Waals surface area contributed by atoms with E-state index in [4.69, 9.17) is 5.73 Å². The minimum Gasteiger partial charge on any atom is -0.383 e. The van der Waals surface area contributed by atoms with Gasteiger partial charge in [0.25, 0.3) is 0 Å². The average molecular weight is 375 g/mol. The van der Waals surface area contributed by atoms with Crippen molar-refractivity contribution in [2.45, 2.75) is 32.2 Å². The van der Waals surface area contributed by atoms with E-state index in [1.54, 1.807) is 13.1 Å². The number of thiol groups is 1. The second-order valence-electron chi connectivity index (χ2n) is 5.11. The third-order valence-electron chi connectivity index (χ3n) is 3.57. The van der Waals surface area contributed by atoms with E-state index in [-0.39, 0.29) is 6.42 Å². The highest BCUT2D eigenvalue weighted by Gasteiger charge is 2.33. The number of allylic oxidation sites excluding steroid dienone is 2. The van der Waals surface area contributed by atoms with Crippen molar-refractivity contribution in [1.82, 2.24) is 14.9 Å². The average Bonchev–Trinajstić information content (AvgIpc) is 2.79.